The molecule has 0 unspecified atom stereocenters. The number of imidazole rings is 1. The smallest absolute Gasteiger partial charge is 0.188 e. The van der Waals surface area contributed by atoms with E-state index in [1.165, 1.54) is 0 Å². The molecule has 0 saturated heterocycles. The van der Waals surface area contributed by atoms with Crippen LogP contribution in [-0.2, 0) is 0 Å². The molecule has 0 spiro atoms. The van der Waals surface area contributed by atoms with Crippen LogP contribution < -0.4 is 0 Å². The van der Waals surface area contributed by atoms with Gasteiger partial charge in [-0.3, -0.25) is 0 Å². The van der Waals surface area contributed by atoms with E-state index in [1.54, 1.807) is 35.0 Å². The second kappa shape index (κ2) is 5.28. The third-order valence-corrected chi connectivity index (χ3v) is 3.21. The number of nitrogens with zero attached hydrogens (tertiary/aromatic N) is 4. The molecule has 3 aromatic rings. The summed E-state index contributed by atoms with van der Waals surface area (Å²) in [5, 5.41) is 4.56. The SMILES string of the molecule is [C-]#[N+]c1ccc(C)c(C#Cc2cnc3ccc(Cl)nn23)c1. The first-order chi connectivity index (χ1) is 10.2. The highest BCUT2D eigenvalue weighted by molar-refractivity contribution is 6.29. The van der Waals surface area contributed by atoms with Gasteiger partial charge < -0.3 is 0 Å². The largest absolute Gasteiger partial charge is 0.238 e. The molecular weight excluding hydrogens is 284 g/mol. The van der Waals surface area contributed by atoms with Crippen LogP contribution in [0.1, 0.15) is 16.8 Å². The maximum Gasteiger partial charge on any atom is 0.188 e. The maximum absolute atomic E-state index is 7.05. The van der Waals surface area contributed by atoms with Crippen molar-refractivity contribution < 1.29 is 0 Å². The Morgan fingerprint density at radius 2 is 2.10 bits per heavy atom. The number of fused-ring (bicyclic) bond motifs is 1. The molecule has 0 atom stereocenters. The lowest BCUT2D eigenvalue weighted by Crippen LogP contribution is -1.94. The Kier molecular flexibility index (Phi) is 3.31. The van der Waals surface area contributed by atoms with Crippen LogP contribution in [-0.4, -0.2) is 14.6 Å². The summed E-state index contributed by atoms with van der Waals surface area (Å²) in [6.45, 7) is 9.01. The average molecular weight is 293 g/mol. The van der Waals surface area contributed by atoms with Crippen LogP contribution in [0.3, 0.4) is 0 Å². The van der Waals surface area contributed by atoms with Crippen LogP contribution in [0.4, 0.5) is 5.69 Å². The Morgan fingerprint density at radius 3 is 2.90 bits per heavy atom. The van der Waals surface area contributed by atoms with E-state index in [9.17, 15) is 0 Å². The lowest BCUT2D eigenvalue weighted by Gasteiger charge is -1.98. The Hall–Kier alpha value is -2.82. The predicted octanol–water partition coefficient (Wildman–Crippen LogP) is 3.64. The van der Waals surface area contributed by atoms with E-state index in [2.05, 4.69) is 26.8 Å². The summed E-state index contributed by atoms with van der Waals surface area (Å²) in [6.07, 6.45) is 1.65. The third-order valence-electron chi connectivity index (χ3n) is 3.01. The quantitative estimate of drug-likeness (QED) is 0.468. The van der Waals surface area contributed by atoms with Crippen LogP contribution in [0.15, 0.2) is 36.5 Å². The number of halogens is 1. The van der Waals surface area contributed by atoms with Crippen molar-refractivity contribution in [3.63, 3.8) is 0 Å². The molecule has 0 aliphatic heterocycles. The molecule has 0 aliphatic carbocycles. The highest BCUT2D eigenvalue weighted by Crippen LogP contribution is 2.17. The highest BCUT2D eigenvalue weighted by atomic mass is 35.5. The summed E-state index contributed by atoms with van der Waals surface area (Å²) in [5.41, 5.74) is 3.76. The van der Waals surface area contributed by atoms with Gasteiger partial charge in [0.15, 0.2) is 11.3 Å². The van der Waals surface area contributed by atoms with Gasteiger partial charge in [-0.25, -0.2) is 14.3 Å². The van der Waals surface area contributed by atoms with E-state index < -0.39 is 0 Å². The van der Waals surface area contributed by atoms with E-state index in [-0.39, 0.29) is 0 Å². The monoisotopic (exact) mass is 292 g/mol. The van der Waals surface area contributed by atoms with Crippen molar-refractivity contribution in [3.05, 3.63) is 69.9 Å². The molecule has 0 amide bonds. The van der Waals surface area contributed by atoms with E-state index in [4.69, 9.17) is 18.2 Å². The predicted molar refractivity (Wildman–Crippen MR) is 81.4 cm³/mol. The van der Waals surface area contributed by atoms with E-state index in [1.807, 2.05) is 13.0 Å². The number of rotatable bonds is 0. The molecule has 4 nitrogen and oxygen atoms in total. The van der Waals surface area contributed by atoms with Gasteiger partial charge in [0.05, 0.1) is 12.8 Å². The highest BCUT2D eigenvalue weighted by Gasteiger charge is 2.03. The van der Waals surface area contributed by atoms with Gasteiger partial charge in [-0.05, 0) is 36.6 Å². The maximum atomic E-state index is 7.05. The number of aromatic nitrogens is 3. The van der Waals surface area contributed by atoms with E-state index in [0.717, 1.165) is 11.1 Å². The van der Waals surface area contributed by atoms with Crippen LogP contribution in [0.5, 0.6) is 0 Å². The molecular formula is C16H9ClN4. The lowest BCUT2D eigenvalue weighted by molar-refractivity contribution is 0.924. The first kappa shape index (κ1) is 13.2. The van der Waals surface area contributed by atoms with Gasteiger partial charge in [-0.1, -0.05) is 29.7 Å². The number of hydrogen-bond donors (Lipinski definition) is 0. The van der Waals surface area contributed by atoms with E-state index in [0.29, 0.717) is 22.2 Å². The molecule has 2 aromatic heterocycles. The molecule has 21 heavy (non-hydrogen) atoms. The molecule has 0 aliphatic rings. The van der Waals surface area contributed by atoms with Gasteiger partial charge >= 0.3 is 0 Å². The number of benzene rings is 1. The van der Waals surface area contributed by atoms with Crippen molar-refractivity contribution in [2.75, 3.05) is 0 Å². The fourth-order valence-corrected chi connectivity index (χ4v) is 2.02. The van der Waals surface area contributed by atoms with Crippen molar-refractivity contribution in [1.29, 1.82) is 0 Å². The topological polar surface area (TPSA) is 34.5 Å². The molecule has 0 fully saturated rings. The van der Waals surface area contributed by atoms with Crippen LogP contribution >= 0.6 is 11.6 Å². The minimum absolute atomic E-state index is 0.384. The van der Waals surface area contributed by atoms with Crippen LogP contribution in [0.2, 0.25) is 5.15 Å². The molecule has 0 bridgehead atoms. The molecule has 5 heteroatoms. The Labute approximate surface area is 126 Å². The number of hydrogen-bond acceptors (Lipinski definition) is 2. The van der Waals surface area contributed by atoms with Gasteiger partial charge in [-0.2, -0.15) is 5.10 Å². The fourth-order valence-electron chi connectivity index (χ4n) is 1.88. The van der Waals surface area contributed by atoms with Crippen molar-refractivity contribution >= 4 is 22.9 Å². The second-order valence-electron chi connectivity index (χ2n) is 4.43. The number of aryl methyl sites for hydroxylation is 1. The van der Waals surface area contributed by atoms with Crippen molar-refractivity contribution in [3.8, 4) is 11.8 Å². The van der Waals surface area contributed by atoms with Crippen molar-refractivity contribution in [2.45, 2.75) is 6.92 Å². The lowest BCUT2D eigenvalue weighted by atomic mass is 10.1. The standard InChI is InChI=1S/C16H9ClN4/c1-11-3-5-13(18-2)9-12(11)4-6-14-10-19-16-8-7-15(17)20-21(14)16/h3,5,7-10H,1H3. The Balaban J connectivity index is 2.08. The summed E-state index contributed by atoms with van der Waals surface area (Å²) in [6, 6.07) is 8.92. The zero-order valence-corrected chi connectivity index (χ0v) is 11.9. The second-order valence-corrected chi connectivity index (χ2v) is 4.82. The molecule has 0 N–H and O–H groups in total. The van der Waals surface area contributed by atoms with Gasteiger partial charge in [0, 0.05) is 5.56 Å². The summed E-state index contributed by atoms with van der Waals surface area (Å²) in [4.78, 5) is 7.63. The summed E-state index contributed by atoms with van der Waals surface area (Å²) < 4.78 is 1.60. The molecule has 0 radical (unpaired) electrons. The fraction of sp³-hybridized carbons (Fsp3) is 0.0625. The molecule has 2 heterocycles. The summed E-state index contributed by atoms with van der Waals surface area (Å²) in [5.74, 6) is 6.09. The van der Waals surface area contributed by atoms with E-state index >= 15 is 0 Å². The molecule has 1 aromatic carbocycles. The van der Waals surface area contributed by atoms with Crippen LogP contribution in [0, 0.1) is 25.3 Å². The van der Waals surface area contributed by atoms with Gasteiger partial charge in [0.25, 0.3) is 0 Å². The molecule has 0 saturated carbocycles. The minimum atomic E-state index is 0.384. The minimum Gasteiger partial charge on any atom is -0.238 e. The normalized spacial score (nSPS) is 9.95. The zero-order valence-electron chi connectivity index (χ0n) is 11.1. The first-order valence-corrected chi connectivity index (χ1v) is 6.55. The van der Waals surface area contributed by atoms with Gasteiger partial charge in [0.2, 0.25) is 0 Å². The van der Waals surface area contributed by atoms with Gasteiger partial charge in [0.1, 0.15) is 10.8 Å². The first-order valence-electron chi connectivity index (χ1n) is 6.18. The summed E-state index contributed by atoms with van der Waals surface area (Å²) >= 11 is 5.89. The molecule has 100 valence electrons. The summed E-state index contributed by atoms with van der Waals surface area (Å²) in [7, 11) is 0. The van der Waals surface area contributed by atoms with Gasteiger partial charge in [-0.15, -0.1) is 0 Å². The zero-order chi connectivity index (χ0) is 14.8. The van der Waals surface area contributed by atoms with Crippen LogP contribution in [0.25, 0.3) is 10.5 Å². The average Bonchev–Trinajstić information content (AvgIpc) is 2.89. The Bertz CT molecular complexity index is 938. The molecule has 3 rings (SSSR count). The Morgan fingerprint density at radius 1 is 1.24 bits per heavy atom. The third kappa shape index (κ3) is 2.58. The van der Waals surface area contributed by atoms with Crippen molar-refractivity contribution in [2.24, 2.45) is 0 Å². The van der Waals surface area contributed by atoms with Crippen molar-refractivity contribution in [1.82, 2.24) is 14.6 Å².